The first-order valence-corrected chi connectivity index (χ1v) is 4.79. The van der Waals surface area contributed by atoms with Crippen molar-refractivity contribution < 1.29 is 27.5 Å². The van der Waals surface area contributed by atoms with E-state index in [2.05, 4.69) is 0 Å². The van der Waals surface area contributed by atoms with E-state index in [-0.39, 0.29) is 0 Å². The maximum Gasteiger partial charge on any atom is 0.427 e. The quantitative estimate of drug-likeness (QED) is 0.853. The lowest BCUT2D eigenvalue weighted by molar-refractivity contribution is -0.239. The molecular formula is C10H7ClF4O2. The van der Waals surface area contributed by atoms with Gasteiger partial charge in [-0.2, -0.15) is 13.2 Å². The molecule has 0 fully saturated rings. The predicted molar refractivity (Wildman–Crippen MR) is 52.5 cm³/mol. The van der Waals surface area contributed by atoms with Gasteiger partial charge in [-0.3, -0.25) is 4.79 Å². The van der Waals surface area contributed by atoms with Crippen LogP contribution in [-0.4, -0.2) is 17.3 Å². The molecule has 0 saturated heterocycles. The Morgan fingerprint density at radius 1 is 1.24 bits per heavy atom. The molecule has 1 N–H and O–H groups in total. The number of carbonyl (C=O) groups is 1. The Balaban J connectivity index is 3.35. The molecule has 0 aliphatic heterocycles. The topological polar surface area (TPSA) is 37.3 Å². The number of hydrogen-bond acceptors (Lipinski definition) is 1. The molecule has 0 radical (unpaired) electrons. The number of carboxylic acids is 1. The first-order chi connectivity index (χ1) is 7.68. The summed E-state index contributed by atoms with van der Waals surface area (Å²) in [6.45, 7) is 0. The number of hydrogen-bond donors (Lipinski definition) is 1. The highest BCUT2D eigenvalue weighted by molar-refractivity contribution is 6.31. The summed E-state index contributed by atoms with van der Waals surface area (Å²) in [5.74, 6) is -1.90. The van der Waals surface area contributed by atoms with Crippen molar-refractivity contribution in [3.8, 4) is 0 Å². The van der Waals surface area contributed by atoms with Crippen molar-refractivity contribution in [3.63, 3.8) is 0 Å². The second-order valence-electron chi connectivity index (χ2n) is 3.35. The van der Waals surface area contributed by atoms with Gasteiger partial charge in [-0.05, 0) is 6.07 Å². The maximum atomic E-state index is 14.0. The molecule has 2 nitrogen and oxygen atoms in total. The highest BCUT2D eigenvalue weighted by Crippen LogP contribution is 2.47. The summed E-state index contributed by atoms with van der Waals surface area (Å²) >= 11 is 5.47. The minimum absolute atomic E-state index is 0.464. The van der Waals surface area contributed by atoms with Gasteiger partial charge in [0.15, 0.2) is 0 Å². The van der Waals surface area contributed by atoms with Crippen LogP contribution in [0.3, 0.4) is 0 Å². The third kappa shape index (κ3) is 2.69. The molecule has 0 heterocycles. The smallest absolute Gasteiger partial charge is 0.427 e. The summed E-state index contributed by atoms with van der Waals surface area (Å²) in [5, 5.41) is 7.92. The minimum Gasteiger partial charge on any atom is -0.481 e. The molecule has 1 unspecified atom stereocenters. The number of aliphatic carboxylic acids is 1. The molecule has 0 saturated carbocycles. The predicted octanol–water partition coefficient (Wildman–Crippen LogP) is 3.54. The van der Waals surface area contributed by atoms with Crippen LogP contribution in [0, 0.1) is 0 Å². The van der Waals surface area contributed by atoms with E-state index in [0.29, 0.717) is 0 Å². The van der Waals surface area contributed by atoms with Crippen molar-refractivity contribution >= 4 is 17.6 Å². The van der Waals surface area contributed by atoms with Crippen LogP contribution < -0.4 is 0 Å². The molecule has 94 valence electrons. The summed E-state index contributed by atoms with van der Waals surface area (Å²) in [4.78, 5) is 10.4. The highest BCUT2D eigenvalue weighted by atomic mass is 35.5. The maximum absolute atomic E-state index is 14.0. The normalized spacial score (nSPS) is 15.4. The fraction of sp³-hybridized carbons (Fsp3) is 0.300. The van der Waals surface area contributed by atoms with Crippen LogP contribution >= 0.6 is 11.6 Å². The van der Waals surface area contributed by atoms with Gasteiger partial charge >= 0.3 is 12.1 Å². The summed E-state index contributed by atoms with van der Waals surface area (Å²) < 4.78 is 51.9. The fourth-order valence-electron chi connectivity index (χ4n) is 1.34. The molecule has 1 atom stereocenters. The number of benzene rings is 1. The highest BCUT2D eigenvalue weighted by Gasteiger charge is 2.59. The number of rotatable bonds is 3. The van der Waals surface area contributed by atoms with E-state index >= 15 is 0 Å². The van der Waals surface area contributed by atoms with Gasteiger partial charge in [0, 0.05) is 10.6 Å². The second-order valence-corrected chi connectivity index (χ2v) is 3.76. The Labute approximate surface area is 98.8 Å². The zero-order valence-corrected chi connectivity index (χ0v) is 9.02. The van der Waals surface area contributed by atoms with Crippen molar-refractivity contribution in [2.45, 2.75) is 18.3 Å². The molecule has 0 bridgehead atoms. The van der Waals surface area contributed by atoms with E-state index in [9.17, 15) is 22.4 Å². The van der Waals surface area contributed by atoms with Crippen molar-refractivity contribution in [2.24, 2.45) is 0 Å². The van der Waals surface area contributed by atoms with E-state index in [1.807, 2.05) is 0 Å². The second kappa shape index (κ2) is 4.52. The molecular weight excluding hydrogens is 264 g/mol. The van der Waals surface area contributed by atoms with Gasteiger partial charge in [0.25, 0.3) is 0 Å². The number of halogens is 5. The molecule has 0 spiro atoms. The summed E-state index contributed by atoms with van der Waals surface area (Å²) in [7, 11) is 0. The van der Waals surface area contributed by atoms with Gasteiger partial charge in [-0.15, -0.1) is 0 Å². The van der Waals surface area contributed by atoms with Gasteiger partial charge in [0.05, 0.1) is 6.42 Å². The van der Waals surface area contributed by atoms with E-state index < -0.39 is 34.8 Å². The summed E-state index contributed by atoms with van der Waals surface area (Å²) in [6.07, 6.45) is -7.07. The van der Waals surface area contributed by atoms with Crippen LogP contribution in [0.1, 0.15) is 12.0 Å². The first-order valence-electron chi connectivity index (χ1n) is 4.41. The van der Waals surface area contributed by atoms with Crippen LogP contribution in [-0.2, 0) is 10.5 Å². The van der Waals surface area contributed by atoms with Crippen LogP contribution in [0.25, 0.3) is 0 Å². The molecule has 7 heteroatoms. The van der Waals surface area contributed by atoms with Crippen molar-refractivity contribution in [3.05, 3.63) is 34.9 Å². The fourth-order valence-corrected chi connectivity index (χ4v) is 1.62. The lowest BCUT2D eigenvalue weighted by Gasteiger charge is -2.27. The monoisotopic (exact) mass is 270 g/mol. The van der Waals surface area contributed by atoms with E-state index in [1.54, 1.807) is 0 Å². The molecule has 0 aliphatic carbocycles. The SMILES string of the molecule is O=C(O)CC(F)(c1ccccc1Cl)C(F)(F)F. The Morgan fingerprint density at radius 2 is 1.76 bits per heavy atom. The van der Waals surface area contributed by atoms with Crippen molar-refractivity contribution in [1.29, 1.82) is 0 Å². The standard InChI is InChI=1S/C10H7ClF4O2/c11-7-4-2-1-3-6(7)9(12,5-8(16)17)10(13,14)15/h1-4H,5H2,(H,16,17). The van der Waals surface area contributed by atoms with Crippen LogP contribution in [0.2, 0.25) is 5.02 Å². The Bertz CT molecular complexity index is 433. The zero-order chi connectivity index (χ0) is 13.3. The molecule has 1 aromatic carbocycles. The van der Waals surface area contributed by atoms with Gasteiger partial charge in [-0.25, -0.2) is 4.39 Å². The molecule has 17 heavy (non-hydrogen) atoms. The van der Waals surface area contributed by atoms with Crippen molar-refractivity contribution in [2.75, 3.05) is 0 Å². The lowest BCUT2D eigenvalue weighted by atomic mass is 9.91. The largest absolute Gasteiger partial charge is 0.481 e. The molecule has 0 aromatic heterocycles. The van der Waals surface area contributed by atoms with E-state index in [1.165, 1.54) is 6.07 Å². The molecule has 1 rings (SSSR count). The zero-order valence-electron chi connectivity index (χ0n) is 8.26. The summed E-state index contributed by atoms with van der Waals surface area (Å²) in [5.41, 5.74) is -4.88. The molecule has 0 aliphatic rings. The third-order valence-corrected chi connectivity index (χ3v) is 2.47. The van der Waals surface area contributed by atoms with E-state index in [4.69, 9.17) is 16.7 Å². The van der Waals surface area contributed by atoms with Gasteiger partial charge in [0.2, 0.25) is 5.67 Å². The van der Waals surface area contributed by atoms with Crippen molar-refractivity contribution in [1.82, 2.24) is 0 Å². The first kappa shape index (κ1) is 13.8. The molecule has 0 amide bonds. The van der Waals surface area contributed by atoms with Crippen LogP contribution in [0.4, 0.5) is 17.6 Å². The Kier molecular flexibility index (Phi) is 3.66. The van der Waals surface area contributed by atoms with Gasteiger partial charge < -0.3 is 5.11 Å². The number of carboxylic acid groups (broad SMARTS) is 1. The van der Waals surface area contributed by atoms with Gasteiger partial charge in [-0.1, -0.05) is 29.8 Å². The van der Waals surface area contributed by atoms with Gasteiger partial charge in [0.1, 0.15) is 0 Å². The Morgan fingerprint density at radius 3 is 2.18 bits per heavy atom. The minimum atomic E-state index is -5.35. The molecule has 1 aromatic rings. The Hall–Kier alpha value is -1.30. The average Bonchev–Trinajstić information content (AvgIpc) is 2.15. The third-order valence-electron chi connectivity index (χ3n) is 2.14. The lowest BCUT2D eigenvalue weighted by Crippen LogP contribution is -2.40. The van der Waals surface area contributed by atoms with Crippen LogP contribution in [0.15, 0.2) is 24.3 Å². The number of alkyl halides is 4. The van der Waals surface area contributed by atoms with Crippen LogP contribution in [0.5, 0.6) is 0 Å². The van der Waals surface area contributed by atoms with E-state index in [0.717, 1.165) is 18.2 Å². The summed E-state index contributed by atoms with van der Waals surface area (Å²) in [6, 6.07) is 4.37. The average molecular weight is 271 g/mol.